The van der Waals surface area contributed by atoms with E-state index in [0.717, 1.165) is 19.1 Å². The summed E-state index contributed by atoms with van der Waals surface area (Å²) in [6.07, 6.45) is 1.33. The topological polar surface area (TPSA) is 28.2 Å². The first-order valence-electron chi connectivity index (χ1n) is 6.60. The summed E-state index contributed by atoms with van der Waals surface area (Å²) in [7, 11) is 2.22. The Morgan fingerprint density at radius 2 is 2.39 bits per heavy atom. The van der Waals surface area contributed by atoms with Gasteiger partial charge in [0.2, 0.25) is 0 Å². The Morgan fingerprint density at radius 3 is 3.06 bits per heavy atom. The first kappa shape index (κ1) is 14.3. The maximum absolute atomic E-state index is 4.70. The number of thiazole rings is 1. The molecule has 0 aromatic carbocycles. The van der Waals surface area contributed by atoms with E-state index in [2.05, 4.69) is 48.3 Å². The van der Waals surface area contributed by atoms with E-state index >= 15 is 0 Å². The Morgan fingerprint density at radius 1 is 1.56 bits per heavy atom. The van der Waals surface area contributed by atoms with Crippen LogP contribution in [-0.2, 0) is 13.1 Å². The van der Waals surface area contributed by atoms with E-state index < -0.39 is 0 Å². The molecule has 0 spiro atoms. The Balaban J connectivity index is 1.82. The van der Waals surface area contributed by atoms with Crippen molar-refractivity contribution in [1.29, 1.82) is 0 Å². The SMILES string of the molecule is CC(C)NCc1nc(CN(C)C2CCSC2)cs1. The monoisotopic (exact) mass is 285 g/mol. The molecule has 18 heavy (non-hydrogen) atoms. The lowest BCUT2D eigenvalue weighted by molar-refractivity contribution is 0.252. The van der Waals surface area contributed by atoms with Gasteiger partial charge in [0.05, 0.1) is 5.69 Å². The van der Waals surface area contributed by atoms with Gasteiger partial charge in [0.25, 0.3) is 0 Å². The van der Waals surface area contributed by atoms with Crippen molar-refractivity contribution in [3.63, 3.8) is 0 Å². The van der Waals surface area contributed by atoms with E-state index in [1.165, 1.54) is 28.6 Å². The van der Waals surface area contributed by atoms with E-state index in [1.54, 1.807) is 11.3 Å². The molecule has 1 saturated heterocycles. The van der Waals surface area contributed by atoms with Crippen LogP contribution in [0.15, 0.2) is 5.38 Å². The highest BCUT2D eigenvalue weighted by Crippen LogP contribution is 2.22. The first-order valence-corrected chi connectivity index (χ1v) is 8.63. The molecule has 3 nitrogen and oxygen atoms in total. The second-order valence-corrected chi connectivity index (χ2v) is 7.29. The molecular weight excluding hydrogens is 262 g/mol. The van der Waals surface area contributed by atoms with Gasteiger partial charge >= 0.3 is 0 Å². The lowest BCUT2D eigenvalue weighted by atomic mass is 10.2. The largest absolute Gasteiger partial charge is 0.308 e. The summed E-state index contributed by atoms with van der Waals surface area (Å²) in [5.74, 6) is 2.60. The van der Waals surface area contributed by atoms with Crippen molar-refractivity contribution in [2.24, 2.45) is 0 Å². The molecule has 1 atom stereocenters. The van der Waals surface area contributed by atoms with Gasteiger partial charge in [-0.2, -0.15) is 11.8 Å². The molecule has 0 amide bonds. The van der Waals surface area contributed by atoms with Crippen LogP contribution in [0.1, 0.15) is 31.0 Å². The molecule has 1 aliphatic rings. The highest BCUT2D eigenvalue weighted by Gasteiger charge is 2.20. The average Bonchev–Trinajstić information content (AvgIpc) is 2.97. The number of hydrogen-bond acceptors (Lipinski definition) is 5. The summed E-state index contributed by atoms with van der Waals surface area (Å²) in [5.41, 5.74) is 1.22. The van der Waals surface area contributed by atoms with Gasteiger partial charge in [-0.15, -0.1) is 11.3 Å². The Bertz CT molecular complexity index is 359. The lowest BCUT2D eigenvalue weighted by Crippen LogP contribution is -2.31. The van der Waals surface area contributed by atoms with E-state index in [0.29, 0.717) is 6.04 Å². The fraction of sp³-hybridized carbons (Fsp3) is 0.769. The van der Waals surface area contributed by atoms with Crippen LogP contribution in [0.5, 0.6) is 0 Å². The van der Waals surface area contributed by atoms with Crippen molar-refractivity contribution >= 4 is 23.1 Å². The Kier molecular flexibility index (Phi) is 5.48. The second-order valence-electron chi connectivity index (χ2n) is 5.20. The molecular formula is C13H23N3S2. The van der Waals surface area contributed by atoms with Crippen LogP contribution in [0.25, 0.3) is 0 Å². The third kappa shape index (κ3) is 4.23. The molecule has 0 radical (unpaired) electrons. The van der Waals surface area contributed by atoms with Crippen LogP contribution in [-0.4, -0.2) is 40.5 Å². The highest BCUT2D eigenvalue weighted by atomic mass is 32.2. The van der Waals surface area contributed by atoms with Gasteiger partial charge < -0.3 is 5.32 Å². The van der Waals surface area contributed by atoms with E-state index in [1.807, 2.05) is 0 Å². The molecule has 2 rings (SSSR count). The van der Waals surface area contributed by atoms with Crippen LogP contribution >= 0.6 is 23.1 Å². The van der Waals surface area contributed by atoms with Crippen molar-refractivity contribution in [3.05, 3.63) is 16.1 Å². The van der Waals surface area contributed by atoms with Crippen molar-refractivity contribution in [1.82, 2.24) is 15.2 Å². The van der Waals surface area contributed by atoms with Gasteiger partial charge in [0, 0.05) is 36.3 Å². The van der Waals surface area contributed by atoms with Crippen LogP contribution in [0, 0.1) is 0 Å². The maximum Gasteiger partial charge on any atom is 0.107 e. The number of nitrogens with zero attached hydrogens (tertiary/aromatic N) is 2. The molecule has 1 aliphatic heterocycles. The molecule has 0 aliphatic carbocycles. The van der Waals surface area contributed by atoms with Gasteiger partial charge in [-0.25, -0.2) is 4.98 Å². The van der Waals surface area contributed by atoms with Crippen LogP contribution in [0.3, 0.4) is 0 Å². The van der Waals surface area contributed by atoms with Crippen molar-refractivity contribution in [2.75, 3.05) is 18.6 Å². The quantitative estimate of drug-likeness (QED) is 0.869. The zero-order valence-electron chi connectivity index (χ0n) is 11.5. The Hall–Kier alpha value is -0.100. The summed E-state index contributed by atoms with van der Waals surface area (Å²) < 4.78 is 0. The lowest BCUT2D eigenvalue weighted by Gasteiger charge is -2.22. The summed E-state index contributed by atoms with van der Waals surface area (Å²) in [4.78, 5) is 7.15. The second kappa shape index (κ2) is 6.89. The van der Waals surface area contributed by atoms with Crippen molar-refractivity contribution in [2.45, 2.75) is 45.4 Å². The van der Waals surface area contributed by atoms with Crippen LogP contribution in [0.4, 0.5) is 0 Å². The fourth-order valence-electron chi connectivity index (χ4n) is 2.05. The third-order valence-corrected chi connectivity index (χ3v) is 5.24. The third-order valence-electron chi connectivity index (χ3n) is 3.20. The van der Waals surface area contributed by atoms with E-state index in [9.17, 15) is 0 Å². The summed E-state index contributed by atoms with van der Waals surface area (Å²) in [6.45, 7) is 6.22. The van der Waals surface area contributed by atoms with Gasteiger partial charge in [-0.3, -0.25) is 4.90 Å². The minimum absolute atomic E-state index is 0.524. The van der Waals surface area contributed by atoms with Crippen LogP contribution < -0.4 is 5.32 Å². The summed E-state index contributed by atoms with van der Waals surface area (Å²) in [5, 5.41) is 6.82. The molecule has 5 heteroatoms. The number of hydrogen-bond donors (Lipinski definition) is 1. The molecule has 1 N–H and O–H groups in total. The van der Waals surface area contributed by atoms with E-state index in [4.69, 9.17) is 4.98 Å². The Labute approximate surface area is 118 Å². The zero-order chi connectivity index (χ0) is 13.0. The summed E-state index contributed by atoms with van der Waals surface area (Å²) >= 11 is 3.84. The molecule has 0 saturated carbocycles. The van der Waals surface area contributed by atoms with Crippen molar-refractivity contribution in [3.8, 4) is 0 Å². The number of thioether (sulfide) groups is 1. The minimum Gasteiger partial charge on any atom is -0.308 e. The highest BCUT2D eigenvalue weighted by molar-refractivity contribution is 7.99. The molecule has 1 fully saturated rings. The number of aromatic nitrogens is 1. The van der Waals surface area contributed by atoms with Crippen LogP contribution in [0.2, 0.25) is 0 Å². The average molecular weight is 285 g/mol. The number of rotatable bonds is 6. The fourth-order valence-corrected chi connectivity index (χ4v) is 4.08. The first-order chi connectivity index (χ1) is 8.65. The molecule has 2 heterocycles. The van der Waals surface area contributed by atoms with Gasteiger partial charge in [-0.1, -0.05) is 13.8 Å². The predicted molar refractivity (Wildman–Crippen MR) is 81.3 cm³/mol. The molecule has 1 aromatic heterocycles. The number of nitrogens with one attached hydrogen (secondary N) is 1. The zero-order valence-corrected chi connectivity index (χ0v) is 13.1. The molecule has 102 valence electrons. The minimum atomic E-state index is 0.524. The molecule has 1 unspecified atom stereocenters. The molecule has 1 aromatic rings. The summed E-state index contributed by atoms with van der Waals surface area (Å²) in [6, 6.07) is 1.27. The predicted octanol–water partition coefficient (Wildman–Crippen LogP) is 2.58. The van der Waals surface area contributed by atoms with Gasteiger partial charge in [0.15, 0.2) is 0 Å². The molecule has 0 bridgehead atoms. The van der Waals surface area contributed by atoms with Crippen molar-refractivity contribution < 1.29 is 0 Å². The standard InChI is InChI=1S/C13H23N3S2/c1-10(2)14-6-13-15-11(8-18-13)7-16(3)12-4-5-17-9-12/h8,10,12,14H,4-7,9H2,1-3H3. The normalized spacial score (nSPS) is 20.2. The smallest absolute Gasteiger partial charge is 0.107 e. The van der Waals surface area contributed by atoms with E-state index in [-0.39, 0.29) is 0 Å². The van der Waals surface area contributed by atoms with Gasteiger partial charge in [-0.05, 0) is 19.2 Å². The van der Waals surface area contributed by atoms with Gasteiger partial charge in [0.1, 0.15) is 5.01 Å². The maximum atomic E-state index is 4.70.